The number of anilines is 2. The van der Waals surface area contributed by atoms with Crippen molar-refractivity contribution in [2.24, 2.45) is 0 Å². The Morgan fingerprint density at radius 2 is 1.75 bits per heavy atom. The highest BCUT2D eigenvalue weighted by molar-refractivity contribution is 5.73. The minimum atomic E-state index is -0.212. The molecule has 4 aromatic rings. The number of halogens is 1. The first-order valence-electron chi connectivity index (χ1n) is 9.32. The van der Waals surface area contributed by atoms with E-state index in [1.54, 1.807) is 6.33 Å². The zero-order valence-electron chi connectivity index (χ0n) is 15.6. The molecular formula is C22H20FN5. The molecule has 5 rings (SSSR count). The van der Waals surface area contributed by atoms with Crippen LogP contribution >= 0.6 is 0 Å². The summed E-state index contributed by atoms with van der Waals surface area (Å²) >= 11 is 0. The van der Waals surface area contributed by atoms with Gasteiger partial charge in [-0.3, -0.25) is 4.40 Å². The Morgan fingerprint density at radius 1 is 0.929 bits per heavy atom. The van der Waals surface area contributed by atoms with Crippen LogP contribution in [0.25, 0.3) is 16.8 Å². The molecule has 0 saturated carbocycles. The van der Waals surface area contributed by atoms with Gasteiger partial charge in [-0.2, -0.15) is 0 Å². The van der Waals surface area contributed by atoms with E-state index in [-0.39, 0.29) is 5.82 Å². The first-order chi connectivity index (χ1) is 13.7. The maximum atomic E-state index is 13.4. The van der Waals surface area contributed by atoms with Crippen LogP contribution in [0.1, 0.15) is 5.56 Å². The quantitative estimate of drug-likeness (QED) is 0.530. The number of rotatable bonds is 2. The van der Waals surface area contributed by atoms with Crippen LogP contribution in [0.5, 0.6) is 0 Å². The molecule has 0 spiro atoms. The molecule has 5 nitrogen and oxygen atoms in total. The normalized spacial score (nSPS) is 14.9. The van der Waals surface area contributed by atoms with Gasteiger partial charge in [-0.05, 0) is 72.3 Å². The summed E-state index contributed by atoms with van der Waals surface area (Å²) in [6.07, 6.45) is 3.77. The van der Waals surface area contributed by atoms with Crippen LogP contribution in [0.3, 0.4) is 0 Å². The third-order valence-electron chi connectivity index (χ3n) is 5.28. The number of hydrogen-bond donors (Lipinski definition) is 0. The maximum Gasteiger partial charge on any atom is 0.160 e. The van der Waals surface area contributed by atoms with Crippen molar-refractivity contribution in [3.63, 3.8) is 0 Å². The highest BCUT2D eigenvalue weighted by Crippen LogP contribution is 2.34. The molecule has 0 aliphatic carbocycles. The van der Waals surface area contributed by atoms with Crippen LogP contribution in [0.15, 0.2) is 67.1 Å². The van der Waals surface area contributed by atoms with E-state index in [4.69, 9.17) is 0 Å². The lowest BCUT2D eigenvalue weighted by molar-refractivity contribution is 0.343. The van der Waals surface area contributed by atoms with Gasteiger partial charge >= 0.3 is 0 Å². The third-order valence-corrected chi connectivity index (χ3v) is 5.28. The summed E-state index contributed by atoms with van der Waals surface area (Å²) in [4.78, 5) is 4.58. The van der Waals surface area contributed by atoms with Crippen LogP contribution < -0.4 is 4.90 Å². The minimum absolute atomic E-state index is 0.212. The van der Waals surface area contributed by atoms with E-state index < -0.39 is 0 Å². The Balaban J connectivity index is 1.58. The van der Waals surface area contributed by atoms with Crippen molar-refractivity contribution in [2.75, 3.05) is 25.0 Å². The molecule has 0 unspecified atom stereocenters. The fourth-order valence-corrected chi connectivity index (χ4v) is 3.80. The lowest BCUT2D eigenvalue weighted by Crippen LogP contribution is -2.26. The topological polar surface area (TPSA) is 36.7 Å². The molecule has 140 valence electrons. The summed E-state index contributed by atoms with van der Waals surface area (Å²) in [6.45, 7) is 2.67. The zero-order chi connectivity index (χ0) is 19.1. The number of aromatic nitrogens is 3. The van der Waals surface area contributed by atoms with Crippen molar-refractivity contribution in [2.45, 2.75) is 6.54 Å². The molecule has 0 bridgehead atoms. The van der Waals surface area contributed by atoms with Gasteiger partial charge in [0.05, 0.1) is 0 Å². The third kappa shape index (κ3) is 3.01. The van der Waals surface area contributed by atoms with Crippen LogP contribution in [0.4, 0.5) is 15.8 Å². The van der Waals surface area contributed by atoms with E-state index >= 15 is 0 Å². The van der Waals surface area contributed by atoms with Crippen LogP contribution in [-0.4, -0.2) is 39.6 Å². The Hall–Kier alpha value is -3.25. The molecule has 0 atom stereocenters. The zero-order valence-corrected chi connectivity index (χ0v) is 15.6. The van der Waals surface area contributed by atoms with Crippen molar-refractivity contribution in [3.8, 4) is 11.1 Å². The standard InChI is InChI=1S/C22H20FN5/c1-26-10-11-28(20-6-4-19(23)5-7-20)21-8-2-16(12-18(21)13-26)17-3-9-22-25-24-15-27(22)14-17/h2-9,12,14-15H,10-11,13H2,1H3. The molecule has 28 heavy (non-hydrogen) atoms. The highest BCUT2D eigenvalue weighted by Gasteiger charge is 2.20. The summed E-state index contributed by atoms with van der Waals surface area (Å²) in [5.74, 6) is -0.212. The molecule has 3 heterocycles. The molecule has 1 aliphatic heterocycles. The molecular weight excluding hydrogens is 353 g/mol. The fraction of sp³-hybridized carbons (Fsp3) is 0.182. The molecule has 2 aromatic heterocycles. The van der Waals surface area contributed by atoms with E-state index in [2.05, 4.69) is 57.5 Å². The Labute approximate surface area is 162 Å². The molecule has 0 radical (unpaired) electrons. The highest BCUT2D eigenvalue weighted by atomic mass is 19.1. The van der Waals surface area contributed by atoms with Gasteiger partial charge in [-0.25, -0.2) is 4.39 Å². The Kier molecular flexibility index (Phi) is 4.06. The molecule has 2 aromatic carbocycles. The summed E-state index contributed by atoms with van der Waals surface area (Å²) in [5.41, 5.74) is 6.55. The number of likely N-dealkylation sites (N-methyl/N-ethyl adjacent to an activating group) is 1. The van der Waals surface area contributed by atoms with Crippen molar-refractivity contribution >= 4 is 17.0 Å². The SMILES string of the molecule is CN1CCN(c2ccc(F)cc2)c2ccc(-c3ccc4nncn4c3)cc2C1. The van der Waals surface area contributed by atoms with E-state index in [9.17, 15) is 4.39 Å². The monoisotopic (exact) mass is 373 g/mol. The van der Waals surface area contributed by atoms with Gasteiger partial charge in [-0.1, -0.05) is 6.07 Å². The van der Waals surface area contributed by atoms with Gasteiger partial charge in [0, 0.05) is 37.2 Å². The smallest absolute Gasteiger partial charge is 0.160 e. The number of benzene rings is 2. The first-order valence-corrected chi connectivity index (χ1v) is 9.32. The fourth-order valence-electron chi connectivity index (χ4n) is 3.80. The predicted octanol–water partition coefficient (Wildman–Crippen LogP) is 4.12. The largest absolute Gasteiger partial charge is 0.340 e. The van der Waals surface area contributed by atoms with Gasteiger partial charge < -0.3 is 9.80 Å². The lowest BCUT2D eigenvalue weighted by atomic mass is 10.0. The second-order valence-electron chi connectivity index (χ2n) is 7.22. The van der Waals surface area contributed by atoms with Gasteiger partial charge in [0.25, 0.3) is 0 Å². The molecule has 0 N–H and O–H groups in total. The van der Waals surface area contributed by atoms with Crippen molar-refractivity contribution in [3.05, 3.63) is 78.5 Å². The van der Waals surface area contributed by atoms with E-state index in [1.165, 1.54) is 23.4 Å². The predicted molar refractivity (Wildman–Crippen MR) is 108 cm³/mol. The van der Waals surface area contributed by atoms with Gasteiger partial charge in [-0.15, -0.1) is 10.2 Å². The summed E-state index contributed by atoms with van der Waals surface area (Å²) in [6, 6.07) is 17.3. The molecule has 0 saturated heterocycles. The first kappa shape index (κ1) is 16.9. The molecule has 0 amide bonds. The van der Waals surface area contributed by atoms with Crippen LogP contribution in [0.2, 0.25) is 0 Å². The van der Waals surface area contributed by atoms with Crippen LogP contribution in [0, 0.1) is 5.82 Å². The number of pyridine rings is 1. The molecule has 0 fully saturated rings. The summed E-state index contributed by atoms with van der Waals surface area (Å²) in [7, 11) is 2.13. The van der Waals surface area contributed by atoms with Crippen molar-refractivity contribution in [1.82, 2.24) is 19.5 Å². The summed E-state index contributed by atoms with van der Waals surface area (Å²) in [5, 5.41) is 8.02. The lowest BCUT2D eigenvalue weighted by Gasteiger charge is -2.25. The molecule has 6 heteroatoms. The van der Waals surface area contributed by atoms with Gasteiger partial charge in [0.1, 0.15) is 12.1 Å². The maximum absolute atomic E-state index is 13.4. The van der Waals surface area contributed by atoms with Crippen molar-refractivity contribution < 1.29 is 4.39 Å². The second kappa shape index (κ2) is 6.73. The van der Waals surface area contributed by atoms with E-state index in [0.29, 0.717) is 0 Å². The van der Waals surface area contributed by atoms with Crippen molar-refractivity contribution in [1.29, 1.82) is 0 Å². The molecule has 1 aliphatic rings. The Morgan fingerprint density at radius 3 is 2.61 bits per heavy atom. The van der Waals surface area contributed by atoms with Gasteiger partial charge in [0.2, 0.25) is 0 Å². The number of fused-ring (bicyclic) bond motifs is 2. The van der Waals surface area contributed by atoms with Gasteiger partial charge in [0.15, 0.2) is 5.65 Å². The Bertz CT molecular complexity index is 1140. The van der Waals surface area contributed by atoms with E-state index in [1.807, 2.05) is 22.6 Å². The number of hydrogen-bond acceptors (Lipinski definition) is 4. The van der Waals surface area contributed by atoms with E-state index in [0.717, 1.165) is 42.1 Å². The number of nitrogens with zero attached hydrogens (tertiary/aromatic N) is 5. The summed E-state index contributed by atoms with van der Waals surface area (Å²) < 4.78 is 15.3. The second-order valence-corrected chi connectivity index (χ2v) is 7.22. The average molecular weight is 373 g/mol. The minimum Gasteiger partial charge on any atom is -0.340 e. The van der Waals surface area contributed by atoms with Crippen LogP contribution in [-0.2, 0) is 6.54 Å². The average Bonchev–Trinajstić information content (AvgIpc) is 3.11.